The molecule has 8 nitrogen and oxygen atoms in total. The number of benzene rings is 1. The number of aromatic nitrogens is 1. The molecule has 3 rings (SSSR count). The lowest BCUT2D eigenvalue weighted by Crippen LogP contribution is -2.40. The van der Waals surface area contributed by atoms with Crippen LogP contribution in [0, 0.1) is 13.8 Å². The Kier molecular flexibility index (Phi) is 8.45. The van der Waals surface area contributed by atoms with Crippen LogP contribution in [0.4, 0.5) is 0 Å². The topological polar surface area (TPSA) is 94.9 Å². The maximum atomic E-state index is 12.7. The van der Waals surface area contributed by atoms with Gasteiger partial charge in [0.25, 0.3) is 0 Å². The van der Waals surface area contributed by atoms with Crippen LogP contribution in [0.3, 0.4) is 0 Å². The molecule has 1 aromatic heterocycles. The zero-order chi connectivity index (χ0) is 24.0. The van der Waals surface area contributed by atoms with Gasteiger partial charge in [0.1, 0.15) is 0 Å². The molecule has 0 spiro atoms. The molecule has 0 atom stereocenters. The molecular formula is C24H32N2O6S. The summed E-state index contributed by atoms with van der Waals surface area (Å²) in [5, 5.41) is 0. The van der Waals surface area contributed by atoms with E-state index in [-0.39, 0.29) is 23.7 Å². The monoisotopic (exact) mass is 476 g/mol. The number of rotatable bonds is 10. The van der Waals surface area contributed by atoms with E-state index in [4.69, 9.17) is 9.47 Å². The number of Topliss-reactive ketones (excluding diaryl/α,β-unsaturated/α-hetero) is 1. The number of hydrogen-bond acceptors (Lipinski definition) is 6. The van der Waals surface area contributed by atoms with Gasteiger partial charge in [0.2, 0.25) is 15.8 Å². The van der Waals surface area contributed by atoms with E-state index >= 15 is 0 Å². The Labute approximate surface area is 195 Å². The fraction of sp³-hybridized carbons (Fsp3) is 0.500. The molecule has 0 radical (unpaired) electrons. The molecule has 0 amide bonds. The van der Waals surface area contributed by atoms with Crippen molar-refractivity contribution < 1.29 is 27.5 Å². The van der Waals surface area contributed by atoms with Gasteiger partial charge in [0, 0.05) is 43.0 Å². The van der Waals surface area contributed by atoms with Crippen molar-refractivity contribution in [1.29, 1.82) is 0 Å². The van der Waals surface area contributed by atoms with Gasteiger partial charge in [0.15, 0.2) is 6.61 Å². The summed E-state index contributed by atoms with van der Waals surface area (Å²) < 4.78 is 39.3. The summed E-state index contributed by atoms with van der Waals surface area (Å²) in [6, 6.07) is 8.36. The summed E-state index contributed by atoms with van der Waals surface area (Å²) in [6.07, 6.45) is 1.48. The summed E-state index contributed by atoms with van der Waals surface area (Å²) in [5.74, 6) is -0.674. The van der Waals surface area contributed by atoms with Crippen LogP contribution in [0.2, 0.25) is 0 Å². The molecule has 180 valence electrons. The average Bonchev–Trinajstić information content (AvgIpc) is 3.10. The molecule has 2 heterocycles. The number of carbonyl (C=O) groups is 2. The van der Waals surface area contributed by atoms with E-state index in [0.29, 0.717) is 38.3 Å². The summed E-state index contributed by atoms with van der Waals surface area (Å²) in [6.45, 7) is 7.98. The van der Waals surface area contributed by atoms with Gasteiger partial charge >= 0.3 is 5.97 Å². The third kappa shape index (κ3) is 6.10. The maximum Gasteiger partial charge on any atom is 0.306 e. The highest BCUT2D eigenvalue weighted by molar-refractivity contribution is 7.89. The lowest BCUT2D eigenvalue weighted by Gasteiger charge is -2.26. The Morgan fingerprint density at radius 3 is 2.39 bits per heavy atom. The molecule has 0 bridgehead atoms. The lowest BCUT2D eigenvalue weighted by molar-refractivity contribution is -0.142. The third-order valence-electron chi connectivity index (χ3n) is 5.83. The van der Waals surface area contributed by atoms with Gasteiger partial charge in [0.05, 0.1) is 18.1 Å². The quantitative estimate of drug-likeness (QED) is 0.387. The van der Waals surface area contributed by atoms with E-state index < -0.39 is 16.0 Å². The Morgan fingerprint density at radius 1 is 1.09 bits per heavy atom. The van der Waals surface area contributed by atoms with Crippen molar-refractivity contribution in [3.05, 3.63) is 52.8 Å². The van der Waals surface area contributed by atoms with Crippen molar-refractivity contribution in [2.45, 2.75) is 51.5 Å². The summed E-state index contributed by atoms with van der Waals surface area (Å²) in [5.41, 5.74) is 3.32. The van der Waals surface area contributed by atoms with Crippen LogP contribution in [0.15, 0.2) is 35.2 Å². The van der Waals surface area contributed by atoms with Crippen molar-refractivity contribution in [3.63, 3.8) is 0 Å². The molecule has 0 aliphatic carbocycles. The van der Waals surface area contributed by atoms with Gasteiger partial charge in [-0.15, -0.1) is 0 Å². The van der Waals surface area contributed by atoms with Crippen molar-refractivity contribution in [3.8, 4) is 0 Å². The fourth-order valence-corrected chi connectivity index (χ4v) is 5.37. The standard InChI is InChI=1S/C24H32N2O6S/c1-4-11-26-18(2)16-22(19(26)3)23(27)17-32-24(28)10-7-20-5-8-21(9-6-20)33(29,30)25-12-14-31-15-13-25/h5-6,8-9,16H,4,7,10-15,17H2,1-3H3. The molecule has 33 heavy (non-hydrogen) atoms. The zero-order valence-electron chi connectivity index (χ0n) is 19.5. The van der Waals surface area contributed by atoms with E-state index in [1.54, 1.807) is 24.3 Å². The van der Waals surface area contributed by atoms with E-state index in [9.17, 15) is 18.0 Å². The molecule has 0 N–H and O–H groups in total. The Morgan fingerprint density at radius 2 is 1.76 bits per heavy atom. The predicted molar refractivity (Wildman–Crippen MR) is 124 cm³/mol. The van der Waals surface area contributed by atoms with E-state index in [2.05, 4.69) is 11.5 Å². The van der Waals surface area contributed by atoms with Crippen molar-refractivity contribution in [2.24, 2.45) is 0 Å². The van der Waals surface area contributed by atoms with Gasteiger partial charge in [-0.05, 0) is 50.5 Å². The molecular weight excluding hydrogens is 444 g/mol. The Bertz CT molecular complexity index is 1080. The number of esters is 1. The number of ketones is 1. The minimum Gasteiger partial charge on any atom is -0.457 e. The maximum absolute atomic E-state index is 12.7. The van der Waals surface area contributed by atoms with Crippen molar-refractivity contribution in [2.75, 3.05) is 32.9 Å². The number of ether oxygens (including phenoxy) is 2. The molecule has 1 aromatic carbocycles. The van der Waals surface area contributed by atoms with Gasteiger partial charge in [-0.25, -0.2) is 8.42 Å². The van der Waals surface area contributed by atoms with Crippen LogP contribution in [-0.2, 0) is 37.3 Å². The van der Waals surface area contributed by atoms with Crippen LogP contribution >= 0.6 is 0 Å². The largest absolute Gasteiger partial charge is 0.457 e. The highest BCUT2D eigenvalue weighted by Gasteiger charge is 2.26. The minimum absolute atomic E-state index is 0.109. The molecule has 0 unspecified atom stereocenters. The number of nitrogens with zero attached hydrogens (tertiary/aromatic N) is 2. The van der Waals surface area contributed by atoms with Gasteiger partial charge < -0.3 is 14.0 Å². The average molecular weight is 477 g/mol. The van der Waals surface area contributed by atoms with Gasteiger partial charge in [-0.2, -0.15) is 4.31 Å². The van der Waals surface area contributed by atoms with Crippen LogP contribution in [0.5, 0.6) is 0 Å². The van der Waals surface area contributed by atoms with Crippen LogP contribution in [0.1, 0.15) is 47.1 Å². The van der Waals surface area contributed by atoms with Crippen molar-refractivity contribution in [1.82, 2.24) is 8.87 Å². The SMILES string of the molecule is CCCn1c(C)cc(C(=O)COC(=O)CCc2ccc(S(=O)(=O)N3CCOCC3)cc2)c1C. The first-order valence-electron chi connectivity index (χ1n) is 11.3. The highest BCUT2D eigenvalue weighted by Crippen LogP contribution is 2.19. The molecule has 1 aliphatic heterocycles. The number of morpholine rings is 1. The van der Waals surface area contributed by atoms with Crippen molar-refractivity contribution >= 4 is 21.8 Å². The Hall–Kier alpha value is -2.49. The lowest BCUT2D eigenvalue weighted by atomic mass is 10.1. The van der Waals surface area contributed by atoms with Crippen LogP contribution in [0.25, 0.3) is 0 Å². The molecule has 2 aromatic rings. The van der Waals surface area contributed by atoms with Crippen LogP contribution < -0.4 is 0 Å². The number of sulfonamides is 1. The first-order valence-corrected chi connectivity index (χ1v) is 12.7. The smallest absolute Gasteiger partial charge is 0.306 e. The second kappa shape index (κ2) is 11.1. The fourth-order valence-electron chi connectivity index (χ4n) is 3.96. The number of carbonyl (C=O) groups excluding carboxylic acids is 2. The minimum atomic E-state index is -3.54. The van der Waals surface area contributed by atoms with E-state index in [0.717, 1.165) is 29.9 Å². The second-order valence-electron chi connectivity index (χ2n) is 8.18. The second-order valence-corrected chi connectivity index (χ2v) is 10.1. The first kappa shape index (κ1) is 25.1. The molecule has 1 fully saturated rings. The first-order chi connectivity index (χ1) is 15.7. The third-order valence-corrected chi connectivity index (χ3v) is 7.75. The van der Waals surface area contributed by atoms with Gasteiger partial charge in [-0.1, -0.05) is 19.1 Å². The highest BCUT2D eigenvalue weighted by atomic mass is 32.2. The molecule has 0 saturated carbocycles. The van der Waals surface area contributed by atoms with Gasteiger partial charge in [-0.3, -0.25) is 9.59 Å². The van der Waals surface area contributed by atoms with E-state index in [1.807, 2.05) is 19.9 Å². The molecule has 1 aliphatic rings. The predicted octanol–water partition coefficient (Wildman–Crippen LogP) is 2.89. The molecule has 9 heteroatoms. The number of hydrogen-bond donors (Lipinski definition) is 0. The summed E-state index contributed by atoms with van der Waals surface area (Å²) in [7, 11) is -3.54. The normalized spacial score (nSPS) is 14.9. The summed E-state index contributed by atoms with van der Waals surface area (Å²) >= 11 is 0. The molecule has 1 saturated heterocycles. The summed E-state index contributed by atoms with van der Waals surface area (Å²) in [4.78, 5) is 24.9. The van der Waals surface area contributed by atoms with Crippen LogP contribution in [-0.4, -0.2) is 62.0 Å². The Balaban J connectivity index is 1.50. The van der Waals surface area contributed by atoms with E-state index in [1.165, 1.54) is 4.31 Å². The zero-order valence-corrected chi connectivity index (χ0v) is 20.3. The number of aryl methyl sites for hydroxylation is 2.